The number of carbonyl (C=O) groups is 1. The van der Waals surface area contributed by atoms with Gasteiger partial charge >= 0.3 is 0 Å². The third-order valence-corrected chi connectivity index (χ3v) is 6.36. The normalized spacial score (nSPS) is 23.1. The highest BCUT2D eigenvalue weighted by atomic mass is 19.1. The lowest BCUT2D eigenvalue weighted by molar-refractivity contribution is -0.124. The van der Waals surface area contributed by atoms with Gasteiger partial charge in [0.05, 0.1) is 26.2 Å². The van der Waals surface area contributed by atoms with E-state index < -0.39 is 11.6 Å². The fourth-order valence-corrected chi connectivity index (χ4v) is 4.86. The standard InChI is InChI=1S/C24H29F2N3O3/c1-15-5-17(11-28-24(15)31-2)12-29-4-3-21-18(13-29)14-32-22(21)9-23(30)27-10-16-6-19(25)8-20(26)7-16/h5-8,11,18,21-22H,3-4,9-10,12-14H2,1-2H3,(H,27,30)/t18-,21-,22+/m1/s1. The molecule has 1 aromatic carbocycles. The van der Waals surface area contributed by atoms with Crippen molar-refractivity contribution >= 4 is 5.91 Å². The highest BCUT2D eigenvalue weighted by Crippen LogP contribution is 2.36. The summed E-state index contributed by atoms with van der Waals surface area (Å²) in [5.41, 5.74) is 2.58. The maximum atomic E-state index is 13.3. The third kappa shape index (κ3) is 5.42. The van der Waals surface area contributed by atoms with E-state index in [0.717, 1.165) is 43.2 Å². The van der Waals surface area contributed by atoms with Crippen LogP contribution >= 0.6 is 0 Å². The summed E-state index contributed by atoms with van der Waals surface area (Å²) in [6.45, 7) is 5.43. The van der Waals surface area contributed by atoms with Crippen molar-refractivity contribution in [3.63, 3.8) is 0 Å². The lowest BCUT2D eigenvalue weighted by atomic mass is 9.83. The van der Waals surface area contributed by atoms with E-state index in [2.05, 4.69) is 21.3 Å². The van der Waals surface area contributed by atoms with Gasteiger partial charge in [0.25, 0.3) is 0 Å². The molecule has 8 heteroatoms. The van der Waals surface area contributed by atoms with Crippen LogP contribution in [-0.4, -0.2) is 48.7 Å². The Morgan fingerprint density at radius 2 is 2.03 bits per heavy atom. The molecule has 3 heterocycles. The van der Waals surface area contributed by atoms with Crippen molar-refractivity contribution < 1.29 is 23.0 Å². The number of nitrogens with zero attached hydrogens (tertiary/aromatic N) is 2. The fraction of sp³-hybridized carbons (Fsp3) is 0.500. The number of rotatable bonds is 7. The molecule has 4 rings (SSSR count). The maximum absolute atomic E-state index is 13.3. The minimum Gasteiger partial charge on any atom is -0.481 e. The molecule has 0 bridgehead atoms. The first kappa shape index (κ1) is 22.6. The molecule has 0 saturated carbocycles. The highest BCUT2D eigenvalue weighted by molar-refractivity contribution is 5.76. The number of benzene rings is 1. The van der Waals surface area contributed by atoms with Crippen LogP contribution in [-0.2, 0) is 22.6 Å². The summed E-state index contributed by atoms with van der Waals surface area (Å²) in [5, 5.41) is 2.75. The van der Waals surface area contributed by atoms with E-state index in [-0.39, 0.29) is 25.0 Å². The first-order valence-electron chi connectivity index (χ1n) is 11.0. The monoisotopic (exact) mass is 445 g/mol. The van der Waals surface area contributed by atoms with Gasteiger partial charge in [-0.15, -0.1) is 0 Å². The molecule has 3 atom stereocenters. The van der Waals surface area contributed by atoms with Crippen molar-refractivity contribution in [1.82, 2.24) is 15.2 Å². The summed E-state index contributed by atoms with van der Waals surface area (Å²) in [5.74, 6) is -0.0690. The first-order valence-corrected chi connectivity index (χ1v) is 11.0. The van der Waals surface area contributed by atoms with Crippen molar-refractivity contribution in [1.29, 1.82) is 0 Å². The van der Waals surface area contributed by atoms with Crippen LogP contribution in [0, 0.1) is 30.4 Å². The van der Waals surface area contributed by atoms with Crippen LogP contribution in [0.3, 0.4) is 0 Å². The summed E-state index contributed by atoms with van der Waals surface area (Å²) in [4.78, 5) is 19.2. The summed E-state index contributed by atoms with van der Waals surface area (Å²) < 4.78 is 37.8. The van der Waals surface area contributed by atoms with Crippen molar-refractivity contribution in [3.8, 4) is 5.88 Å². The zero-order valence-corrected chi connectivity index (χ0v) is 18.4. The average molecular weight is 446 g/mol. The van der Waals surface area contributed by atoms with Crippen LogP contribution in [0.4, 0.5) is 8.78 Å². The van der Waals surface area contributed by atoms with E-state index in [1.165, 1.54) is 12.1 Å². The van der Waals surface area contributed by atoms with Crippen LogP contribution in [0.25, 0.3) is 0 Å². The molecule has 6 nitrogen and oxygen atoms in total. The van der Waals surface area contributed by atoms with Gasteiger partial charge in [-0.1, -0.05) is 0 Å². The molecule has 1 N–H and O–H groups in total. The maximum Gasteiger partial charge on any atom is 0.222 e. The molecule has 2 aliphatic rings. The molecular weight excluding hydrogens is 416 g/mol. The predicted molar refractivity (Wildman–Crippen MR) is 115 cm³/mol. The highest BCUT2D eigenvalue weighted by Gasteiger charge is 2.41. The van der Waals surface area contributed by atoms with E-state index in [4.69, 9.17) is 9.47 Å². The Morgan fingerprint density at radius 1 is 1.25 bits per heavy atom. The molecule has 2 aromatic rings. The molecule has 2 aliphatic heterocycles. The number of amides is 1. The number of pyridine rings is 1. The van der Waals surface area contributed by atoms with E-state index >= 15 is 0 Å². The van der Waals surface area contributed by atoms with Crippen LogP contribution < -0.4 is 10.1 Å². The zero-order chi connectivity index (χ0) is 22.7. The number of carbonyl (C=O) groups excluding carboxylic acids is 1. The van der Waals surface area contributed by atoms with Crippen molar-refractivity contribution in [2.75, 3.05) is 26.8 Å². The van der Waals surface area contributed by atoms with E-state index in [1.807, 2.05) is 13.1 Å². The molecule has 2 saturated heterocycles. The molecule has 0 radical (unpaired) electrons. The number of nitrogens with one attached hydrogen (secondary N) is 1. The SMILES string of the molecule is COc1ncc(CN2CC[C@@H]3[C@@H](CO[C@H]3CC(=O)NCc3cc(F)cc(F)c3)C2)cc1C. The van der Waals surface area contributed by atoms with Crippen LogP contribution in [0.15, 0.2) is 30.5 Å². The molecule has 2 fully saturated rings. The Kier molecular flexibility index (Phi) is 7.01. The second-order valence-electron chi connectivity index (χ2n) is 8.75. The van der Waals surface area contributed by atoms with E-state index in [1.54, 1.807) is 7.11 Å². The van der Waals surface area contributed by atoms with Gasteiger partial charge in [-0.3, -0.25) is 9.69 Å². The number of aryl methyl sites for hydroxylation is 1. The smallest absolute Gasteiger partial charge is 0.222 e. The lowest BCUT2D eigenvalue weighted by Gasteiger charge is -2.35. The molecular formula is C24H29F2N3O3. The van der Waals surface area contributed by atoms with Gasteiger partial charge in [-0.2, -0.15) is 0 Å². The summed E-state index contributed by atoms with van der Waals surface area (Å²) in [7, 11) is 1.62. The number of likely N-dealkylation sites (tertiary alicyclic amines) is 1. The molecule has 32 heavy (non-hydrogen) atoms. The Bertz CT molecular complexity index is 951. The van der Waals surface area contributed by atoms with Gasteiger partial charge in [0.2, 0.25) is 11.8 Å². The first-order chi connectivity index (χ1) is 15.4. The second-order valence-corrected chi connectivity index (χ2v) is 8.75. The largest absolute Gasteiger partial charge is 0.481 e. The Hall–Kier alpha value is -2.58. The quantitative estimate of drug-likeness (QED) is 0.709. The minimum absolute atomic E-state index is 0.0947. The summed E-state index contributed by atoms with van der Waals surface area (Å²) in [6.07, 6.45) is 2.98. The third-order valence-electron chi connectivity index (χ3n) is 6.36. The Balaban J connectivity index is 1.26. The topological polar surface area (TPSA) is 63.7 Å². The van der Waals surface area contributed by atoms with Gasteiger partial charge in [0, 0.05) is 43.4 Å². The number of hydrogen-bond acceptors (Lipinski definition) is 5. The number of piperidine rings is 1. The second kappa shape index (κ2) is 9.92. The van der Waals surface area contributed by atoms with Gasteiger partial charge in [-0.25, -0.2) is 13.8 Å². The van der Waals surface area contributed by atoms with Gasteiger partial charge in [0.15, 0.2) is 0 Å². The predicted octanol–water partition coefficient (Wildman–Crippen LogP) is 3.22. The molecule has 0 aliphatic carbocycles. The van der Waals surface area contributed by atoms with Gasteiger partial charge in [0.1, 0.15) is 11.6 Å². The van der Waals surface area contributed by atoms with Crippen LogP contribution in [0.1, 0.15) is 29.5 Å². The molecule has 172 valence electrons. The number of aromatic nitrogens is 1. The van der Waals surface area contributed by atoms with Gasteiger partial charge < -0.3 is 14.8 Å². The summed E-state index contributed by atoms with van der Waals surface area (Å²) >= 11 is 0. The van der Waals surface area contributed by atoms with Crippen LogP contribution in [0.2, 0.25) is 0 Å². The van der Waals surface area contributed by atoms with Gasteiger partial charge in [-0.05, 0) is 55.1 Å². The Morgan fingerprint density at radius 3 is 2.75 bits per heavy atom. The van der Waals surface area contributed by atoms with E-state index in [9.17, 15) is 13.6 Å². The molecule has 0 spiro atoms. The van der Waals surface area contributed by atoms with Crippen molar-refractivity contribution in [3.05, 3.63) is 58.8 Å². The van der Waals surface area contributed by atoms with Crippen molar-refractivity contribution in [2.24, 2.45) is 11.8 Å². The Labute approximate surface area is 186 Å². The minimum atomic E-state index is -0.649. The van der Waals surface area contributed by atoms with Crippen LogP contribution in [0.5, 0.6) is 5.88 Å². The number of fused-ring (bicyclic) bond motifs is 1. The molecule has 1 amide bonds. The fourth-order valence-electron chi connectivity index (χ4n) is 4.86. The average Bonchev–Trinajstić information content (AvgIpc) is 3.14. The number of hydrogen-bond donors (Lipinski definition) is 1. The van der Waals surface area contributed by atoms with E-state index in [0.29, 0.717) is 29.9 Å². The number of ether oxygens (including phenoxy) is 2. The van der Waals surface area contributed by atoms with Crippen molar-refractivity contribution in [2.45, 2.75) is 39.0 Å². The number of halogens is 2. The number of methoxy groups -OCH3 is 1. The lowest BCUT2D eigenvalue weighted by Crippen LogP contribution is -2.41. The summed E-state index contributed by atoms with van der Waals surface area (Å²) in [6, 6.07) is 5.37. The molecule has 1 aromatic heterocycles. The zero-order valence-electron chi connectivity index (χ0n) is 18.4. The molecule has 0 unspecified atom stereocenters.